The summed E-state index contributed by atoms with van der Waals surface area (Å²) in [5.74, 6) is -1.94. The zero-order chi connectivity index (χ0) is 13.8. The largest absolute Gasteiger partial charge is 0.508 e. The summed E-state index contributed by atoms with van der Waals surface area (Å²) in [6.45, 7) is 1.82. The second-order valence-electron chi connectivity index (χ2n) is 3.77. The molecule has 0 aliphatic heterocycles. The molecule has 0 aliphatic carbocycles. The number of carbonyl (C=O) groups is 1. The molecule has 0 spiro atoms. The van der Waals surface area contributed by atoms with Gasteiger partial charge in [0.05, 0.1) is 5.92 Å². The number of carbonyl (C=O) groups excluding carboxylic acids is 1. The van der Waals surface area contributed by atoms with E-state index in [1.165, 1.54) is 18.2 Å². The third kappa shape index (κ3) is 4.34. The van der Waals surface area contributed by atoms with Crippen molar-refractivity contribution in [3.8, 4) is 5.75 Å². The summed E-state index contributed by atoms with van der Waals surface area (Å²) in [4.78, 5) is 11.6. The van der Waals surface area contributed by atoms with Crippen LogP contribution in [0.3, 0.4) is 0 Å². The minimum absolute atomic E-state index is 0.0340. The lowest BCUT2D eigenvalue weighted by atomic mass is 9.94. The van der Waals surface area contributed by atoms with E-state index in [2.05, 4.69) is 4.18 Å². The van der Waals surface area contributed by atoms with E-state index in [0.717, 1.165) is 0 Å². The molecule has 7 heteroatoms. The van der Waals surface area contributed by atoms with E-state index in [1.54, 1.807) is 6.07 Å². The molecule has 100 valence electrons. The lowest BCUT2D eigenvalue weighted by Gasteiger charge is -2.14. The molecule has 1 aromatic carbocycles. The van der Waals surface area contributed by atoms with Crippen molar-refractivity contribution >= 4 is 16.4 Å². The van der Waals surface area contributed by atoms with Gasteiger partial charge in [0.2, 0.25) is 0 Å². The van der Waals surface area contributed by atoms with Crippen LogP contribution >= 0.6 is 0 Å². The van der Waals surface area contributed by atoms with Crippen LogP contribution in [0.2, 0.25) is 0 Å². The summed E-state index contributed by atoms with van der Waals surface area (Å²) in [7, 11) is -4.82. The van der Waals surface area contributed by atoms with Crippen LogP contribution in [0.5, 0.6) is 5.75 Å². The minimum Gasteiger partial charge on any atom is -0.508 e. The molecule has 1 rings (SSSR count). The van der Waals surface area contributed by atoms with Crippen molar-refractivity contribution in [2.75, 3.05) is 0 Å². The van der Waals surface area contributed by atoms with Gasteiger partial charge in [-0.15, -0.1) is 0 Å². The van der Waals surface area contributed by atoms with Crippen molar-refractivity contribution in [2.45, 2.75) is 25.7 Å². The van der Waals surface area contributed by atoms with Gasteiger partial charge in [-0.25, -0.2) is 0 Å². The van der Waals surface area contributed by atoms with Crippen molar-refractivity contribution in [1.82, 2.24) is 0 Å². The predicted octanol–water partition coefficient (Wildman–Crippen LogP) is 1.62. The molecule has 1 unspecified atom stereocenters. The van der Waals surface area contributed by atoms with E-state index in [4.69, 9.17) is 4.55 Å². The Labute approximate surface area is 105 Å². The third-order valence-corrected chi connectivity index (χ3v) is 2.70. The maximum absolute atomic E-state index is 11.6. The van der Waals surface area contributed by atoms with E-state index in [9.17, 15) is 18.3 Å². The maximum Gasteiger partial charge on any atom is 0.448 e. The predicted molar refractivity (Wildman–Crippen MR) is 63.4 cm³/mol. The molecule has 0 radical (unpaired) electrons. The van der Waals surface area contributed by atoms with Gasteiger partial charge < -0.3 is 9.29 Å². The molecular weight excluding hydrogens is 260 g/mol. The van der Waals surface area contributed by atoms with Crippen LogP contribution in [-0.4, -0.2) is 24.0 Å². The fourth-order valence-electron chi connectivity index (χ4n) is 1.61. The van der Waals surface area contributed by atoms with Gasteiger partial charge in [0.25, 0.3) is 0 Å². The molecule has 0 aromatic heterocycles. The Morgan fingerprint density at radius 2 is 2.11 bits per heavy atom. The molecule has 2 N–H and O–H groups in total. The SMILES string of the molecule is CCCC(C(=O)OS(=O)(=O)O)c1cccc(O)c1. The monoisotopic (exact) mass is 274 g/mol. The summed E-state index contributed by atoms with van der Waals surface area (Å²) in [5, 5.41) is 9.32. The highest BCUT2D eigenvalue weighted by molar-refractivity contribution is 7.81. The van der Waals surface area contributed by atoms with Gasteiger partial charge in [-0.1, -0.05) is 25.5 Å². The zero-order valence-corrected chi connectivity index (χ0v) is 10.6. The van der Waals surface area contributed by atoms with E-state index in [0.29, 0.717) is 18.4 Å². The number of hydrogen-bond acceptors (Lipinski definition) is 5. The molecule has 0 amide bonds. The number of benzene rings is 1. The van der Waals surface area contributed by atoms with E-state index in [-0.39, 0.29) is 5.75 Å². The Morgan fingerprint density at radius 1 is 1.44 bits per heavy atom. The van der Waals surface area contributed by atoms with Crippen molar-refractivity contribution < 1.29 is 27.1 Å². The summed E-state index contributed by atoms with van der Waals surface area (Å²) in [6, 6.07) is 5.89. The summed E-state index contributed by atoms with van der Waals surface area (Å²) >= 11 is 0. The van der Waals surface area contributed by atoms with Crippen LogP contribution in [-0.2, 0) is 19.4 Å². The van der Waals surface area contributed by atoms with Crippen LogP contribution in [0.25, 0.3) is 0 Å². The van der Waals surface area contributed by atoms with Gasteiger partial charge >= 0.3 is 16.4 Å². The number of rotatable bonds is 5. The highest BCUT2D eigenvalue weighted by Gasteiger charge is 2.25. The molecule has 0 saturated heterocycles. The second kappa shape index (κ2) is 5.83. The Balaban J connectivity index is 2.99. The standard InChI is InChI=1S/C11H14O6S/c1-2-4-10(11(13)17-18(14,15)16)8-5-3-6-9(12)7-8/h3,5-7,10,12H,2,4H2,1H3,(H,14,15,16). The smallest absolute Gasteiger partial charge is 0.448 e. The molecule has 18 heavy (non-hydrogen) atoms. The van der Waals surface area contributed by atoms with Crippen molar-refractivity contribution in [2.24, 2.45) is 0 Å². The lowest BCUT2D eigenvalue weighted by molar-refractivity contribution is -0.136. The fourth-order valence-corrected chi connectivity index (χ4v) is 1.94. The van der Waals surface area contributed by atoms with Crippen LogP contribution in [0.1, 0.15) is 31.2 Å². The van der Waals surface area contributed by atoms with Gasteiger partial charge in [-0.05, 0) is 24.1 Å². The van der Waals surface area contributed by atoms with Crippen molar-refractivity contribution in [3.63, 3.8) is 0 Å². The number of phenolic OH excluding ortho intramolecular Hbond substituents is 1. The normalized spacial score (nSPS) is 13.0. The van der Waals surface area contributed by atoms with E-state index >= 15 is 0 Å². The second-order valence-corrected chi connectivity index (χ2v) is 4.79. The Kier molecular flexibility index (Phi) is 4.69. The minimum atomic E-state index is -4.82. The number of hydrogen-bond donors (Lipinski definition) is 2. The van der Waals surface area contributed by atoms with Crippen molar-refractivity contribution in [3.05, 3.63) is 29.8 Å². The molecule has 0 fully saturated rings. The lowest BCUT2D eigenvalue weighted by Crippen LogP contribution is -2.19. The number of phenols is 1. The molecule has 1 atom stereocenters. The average molecular weight is 274 g/mol. The van der Waals surface area contributed by atoms with Crippen LogP contribution in [0, 0.1) is 0 Å². The summed E-state index contributed by atoms with van der Waals surface area (Å²) in [6.07, 6.45) is 0.957. The third-order valence-electron chi connectivity index (χ3n) is 2.32. The first kappa shape index (κ1) is 14.5. The number of aromatic hydroxyl groups is 1. The summed E-state index contributed by atoms with van der Waals surface area (Å²) in [5.41, 5.74) is 0.436. The van der Waals surface area contributed by atoms with Gasteiger partial charge in [0, 0.05) is 0 Å². The molecule has 0 heterocycles. The Bertz CT molecular complexity index is 522. The first-order valence-corrected chi connectivity index (χ1v) is 6.69. The summed E-state index contributed by atoms with van der Waals surface area (Å²) < 4.78 is 33.5. The fraction of sp³-hybridized carbons (Fsp3) is 0.364. The first-order valence-electron chi connectivity index (χ1n) is 5.33. The van der Waals surface area contributed by atoms with E-state index in [1.807, 2.05) is 6.92 Å². The molecule has 6 nitrogen and oxygen atoms in total. The van der Waals surface area contributed by atoms with Gasteiger partial charge in [-0.2, -0.15) is 8.42 Å². The zero-order valence-electron chi connectivity index (χ0n) is 9.74. The van der Waals surface area contributed by atoms with Crippen LogP contribution < -0.4 is 0 Å². The highest BCUT2D eigenvalue weighted by atomic mass is 32.3. The van der Waals surface area contributed by atoms with Gasteiger partial charge in [0.15, 0.2) is 0 Å². The molecule has 0 aliphatic rings. The molecular formula is C11H14O6S. The van der Waals surface area contributed by atoms with Crippen LogP contribution in [0.15, 0.2) is 24.3 Å². The first-order chi connectivity index (χ1) is 8.33. The van der Waals surface area contributed by atoms with Gasteiger partial charge in [-0.3, -0.25) is 9.35 Å². The quantitative estimate of drug-likeness (QED) is 0.791. The molecule has 0 bridgehead atoms. The molecule has 0 saturated carbocycles. The average Bonchev–Trinajstić information content (AvgIpc) is 2.23. The Morgan fingerprint density at radius 3 is 2.61 bits per heavy atom. The van der Waals surface area contributed by atoms with Crippen molar-refractivity contribution in [1.29, 1.82) is 0 Å². The highest BCUT2D eigenvalue weighted by Crippen LogP contribution is 2.26. The van der Waals surface area contributed by atoms with E-state index < -0.39 is 22.3 Å². The Hall–Kier alpha value is -1.60. The topological polar surface area (TPSA) is 101 Å². The molecule has 1 aromatic rings. The maximum atomic E-state index is 11.6. The van der Waals surface area contributed by atoms with Gasteiger partial charge in [0.1, 0.15) is 5.75 Å². The van der Waals surface area contributed by atoms with Crippen LogP contribution in [0.4, 0.5) is 0 Å².